The molecule has 0 aromatic carbocycles. The smallest absolute Gasteiger partial charge is 0.308 e. The molecule has 2 rings (SSSR count). The van der Waals surface area contributed by atoms with Gasteiger partial charge in [0, 0.05) is 24.5 Å². The Kier molecular flexibility index (Phi) is 4.23. The van der Waals surface area contributed by atoms with Crippen molar-refractivity contribution >= 4 is 0 Å². The van der Waals surface area contributed by atoms with Gasteiger partial charge in [-0.1, -0.05) is 0 Å². The largest absolute Gasteiger partial charge is 0.401 e. The molecule has 4 nitrogen and oxygen atoms in total. The molecule has 0 spiro atoms. The van der Waals surface area contributed by atoms with E-state index in [1.807, 2.05) is 6.07 Å². The topological polar surface area (TPSA) is 44.0 Å². The summed E-state index contributed by atoms with van der Waals surface area (Å²) in [5, 5.41) is 10.0. The SMILES string of the molecule is FC(F)(F)CN1CCC(NCc2ccn[nH]2)CC1. The lowest BCUT2D eigenvalue weighted by Gasteiger charge is -2.32. The molecule has 0 atom stereocenters. The van der Waals surface area contributed by atoms with Crippen molar-refractivity contribution in [1.82, 2.24) is 20.4 Å². The summed E-state index contributed by atoms with van der Waals surface area (Å²) in [5.74, 6) is 0. The van der Waals surface area contributed by atoms with Crippen LogP contribution in [0, 0.1) is 0 Å². The van der Waals surface area contributed by atoms with Crippen LogP contribution >= 0.6 is 0 Å². The predicted molar refractivity (Wildman–Crippen MR) is 60.9 cm³/mol. The minimum atomic E-state index is -4.09. The first-order valence-corrected chi connectivity index (χ1v) is 6.04. The molecule has 1 fully saturated rings. The maximum atomic E-state index is 12.2. The third kappa shape index (κ3) is 4.30. The molecule has 0 radical (unpaired) electrons. The Morgan fingerprint density at radius 2 is 2.11 bits per heavy atom. The highest BCUT2D eigenvalue weighted by atomic mass is 19.4. The lowest BCUT2D eigenvalue weighted by atomic mass is 10.0. The number of halogens is 3. The lowest BCUT2D eigenvalue weighted by molar-refractivity contribution is -0.148. The summed E-state index contributed by atoms with van der Waals surface area (Å²) in [4.78, 5) is 1.47. The van der Waals surface area contributed by atoms with E-state index in [9.17, 15) is 13.2 Å². The molecular formula is C11H17F3N4. The molecule has 0 unspecified atom stereocenters. The molecule has 1 aliphatic heterocycles. The first-order valence-electron chi connectivity index (χ1n) is 6.04. The van der Waals surface area contributed by atoms with E-state index in [1.165, 1.54) is 4.90 Å². The van der Waals surface area contributed by atoms with E-state index in [4.69, 9.17) is 0 Å². The van der Waals surface area contributed by atoms with Crippen molar-refractivity contribution in [3.63, 3.8) is 0 Å². The normalized spacial score (nSPS) is 19.3. The monoisotopic (exact) mass is 262 g/mol. The van der Waals surface area contributed by atoms with Crippen LogP contribution in [0.1, 0.15) is 18.5 Å². The molecule has 1 aromatic heterocycles. The zero-order valence-electron chi connectivity index (χ0n) is 10.0. The first kappa shape index (κ1) is 13.4. The highest BCUT2D eigenvalue weighted by molar-refractivity contribution is 4.97. The number of hydrogen-bond acceptors (Lipinski definition) is 3. The van der Waals surface area contributed by atoms with E-state index in [2.05, 4.69) is 15.5 Å². The summed E-state index contributed by atoms with van der Waals surface area (Å²) in [6, 6.07) is 2.17. The summed E-state index contributed by atoms with van der Waals surface area (Å²) < 4.78 is 36.6. The fourth-order valence-electron chi connectivity index (χ4n) is 2.19. The second-order valence-corrected chi connectivity index (χ2v) is 4.63. The van der Waals surface area contributed by atoms with Gasteiger partial charge in [0.15, 0.2) is 0 Å². The van der Waals surface area contributed by atoms with Crippen molar-refractivity contribution in [1.29, 1.82) is 0 Å². The van der Waals surface area contributed by atoms with Crippen molar-refractivity contribution in [2.24, 2.45) is 0 Å². The highest BCUT2D eigenvalue weighted by Crippen LogP contribution is 2.19. The maximum absolute atomic E-state index is 12.2. The molecule has 1 aliphatic rings. The summed E-state index contributed by atoms with van der Waals surface area (Å²) >= 11 is 0. The van der Waals surface area contributed by atoms with E-state index in [0.29, 0.717) is 19.6 Å². The number of hydrogen-bond donors (Lipinski definition) is 2. The molecule has 102 valence electrons. The first-order chi connectivity index (χ1) is 8.53. The Bertz CT molecular complexity index is 342. The van der Waals surface area contributed by atoms with Crippen LogP contribution in [0.25, 0.3) is 0 Å². The van der Waals surface area contributed by atoms with Crippen molar-refractivity contribution in [2.45, 2.75) is 31.6 Å². The zero-order valence-corrected chi connectivity index (χ0v) is 10.0. The van der Waals surface area contributed by atoms with Crippen molar-refractivity contribution in [2.75, 3.05) is 19.6 Å². The fraction of sp³-hybridized carbons (Fsp3) is 0.727. The number of piperidine rings is 1. The molecule has 0 aliphatic carbocycles. The summed E-state index contributed by atoms with van der Waals surface area (Å²) in [5.41, 5.74) is 0.993. The summed E-state index contributed by atoms with van der Waals surface area (Å²) in [7, 11) is 0. The third-order valence-electron chi connectivity index (χ3n) is 3.13. The van der Waals surface area contributed by atoms with Crippen LogP contribution in [-0.4, -0.2) is 46.9 Å². The Morgan fingerprint density at radius 1 is 1.39 bits per heavy atom. The van der Waals surface area contributed by atoms with Crippen molar-refractivity contribution < 1.29 is 13.2 Å². The standard InChI is InChI=1S/C11H17F3N4/c12-11(13,14)8-18-5-2-9(3-6-18)15-7-10-1-4-16-17-10/h1,4,9,15H,2-3,5-8H2,(H,16,17). The molecule has 2 N–H and O–H groups in total. The zero-order chi connectivity index (χ0) is 13.0. The second kappa shape index (κ2) is 5.71. The van der Waals surface area contributed by atoms with Gasteiger partial charge in [0.05, 0.1) is 6.54 Å². The number of nitrogens with one attached hydrogen (secondary N) is 2. The van der Waals surface area contributed by atoms with Gasteiger partial charge in [-0.2, -0.15) is 18.3 Å². The van der Waals surface area contributed by atoms with Gasteiger partial charge in [-0.05, 0) is 32.0 Å². The van der Waals surface area contributed by atoms with Gasteiger partial charge < -0.3 is 5.32 Å². The van der Waals surface area contributed by atoms with Crippen LogP contribution in [0.2, 0.25) is 0 Å². The average molecular weight is 262 g/mol. The minimum absolute atomic E-state index is 0.290. The predicted octanol–water partition coefficient (Wildman–Crippen LogP) is 1.53. The van der Waals surface area contributed by atoms with Gasteiger partial charge in [0.2, 0.25) is 0 Å². The molecule has 2 heterocycles. The molecule has 0 bridgehead atoms. The van der Waals surface area contributed by atoms with Gasteiger partial charge in [0.25, 0.3) is 0 Å². The summed E-state index contributed by atoms with van der Waals surface area (Å²) in [6.45, 7) is 0.893. The second-order valence-electron chi connectivity index (χ2n) is 4.63. The maximum Gasteiger partial charge on any atom is 0.401 e. The molecule has 0 amide bonds. The molecule has 7 heteroatoms. The minimum Gasteiger partial charge on any atom is -0.308 e. The van der Waals surface area contributed by atoms with Crippen LogP contribution in [0.15, 0.2) is 12.3 Å². The highest BCUT2D eigenvalue weighted by Gasteiger charge is 2.32. The number of H-pyrrole nitrogens is 1. The number of rotatable bonds is 4. The van der Waals surface area contributed by atoms with E-state index in [1.54, 1.807) is 6.20 Å². The lowest BCUT2D eigenvalue weighted by Crippen LogP contribution is -2.45. The molecule has 0 saturated carbocycles. The van der Waals surface area contributed by atoms with Crippen LogP contribution in [0.5, 0.6) is 0 Å². The average Bonchev–Trinajstić information content (AvgIpc) is 2.79. The van der Waals surface area contributed by atoms with E-state index < -0.39 is 12.7 Å². The Morgan fingerprint density at radius 3 is 2.67 bits per heavy atom. The van der Waals surface area contributed by atoms with E-state index in [0.717, 1.165) is 18.5 Å². The Labute approximate surface area is 104 Å². The Balaban J connectivity index is 1.67. The molecular weight excluding hydrogens is 245 g/mol. The van der Waals surface area contributed by atoms with Gasteiger partial charge in [-0.15, -0.1) is 0 Å². The summed E-state index contributed by atoms with van der Waals surface area (Å²) in [6.07, 6.45) is -0.895. The van der Waals surface area contributed by atoms with E-state index >= 15 is 0 Å². The molecule has 18 heavy (non-hydrogen) atoms. The van der Waals surface area contributed by atoms with E-state index in [-0.39, 0.29) is 6.04 Å². The third-order valence-corrected chi connectivity index (χ3v) is 3.13. The van der Waals surface area contributed by atoms with Crippen LogP contribution in [0.4, 0.5) is 13.2 Å². The number of aromatic amines is 1. The fourth-order valence-corrected chi connectivity index (χ4v) is 2.19. The number of likely N-dealkylation sites (tertiary alicyclic amines) is 1. The number of aromatic nitrogens is 2. The number of alkyl halides is 3. The van der Waals surface area contributed by atoms with Gasteiger partial charge in [-0.3, -0.25) is 10.00 Å². The van der Waals surface area contributed by atoms with Crippen molar-refractivity contribution in [3.8, 4) is 0 Å². The molecule has 1 saturated heterocycles. The quantitative estimate of drug-likeness (QED) is 0.864. The molecule has 1 aromatic rings. The van der Waals surface area contributed by atoms with Crippen LogP contribution in [0.3, 0.4) is 0 Å². The van der Waals surface area contributed by atoms with Crippen LogP contribution < -0.4 is 5.32 Å². The van der Waals surface area contributed by atoms with Gasteiger partial charge in [-0.25, -0.2) is 0 Å². The van der Waals surface area contributed by atoms with Crippen molar-refractivity contribution in [3.05, 3.63) is 18.0 Å². The van der Waals surface area contributed by atoms with Gasteiger partial charge >= 0.3 is 6.18 Å². The number of nitrogens with zero attached hydrogens (tertiary/aromatic N) is 2. The Hall–Kier alpha value is -1.08. The van der Waals surface area contributed by atoms with Crippen LogP contribution in [-0.2, 0) is 6.54 Å². The van der Waals surface area contributed by atoms with Gasteiger partial charge in [0.1, 0.15) is 0 Å².